The van der Waals surface area contributed by atoms with Gasteiger partial charge in [0.05, 0.1) is 12.2 Å². The summed E-state index contributed by atoms with van der Waals surface area (Å²) in [5, 5.41) is 0. The average Bonchev–Trinajstić information content (AvgIpc) is 2.80. The third-order valence-corrected chi connectivity index (χ3v) is 6.84. The van der Waals surface area contributed by atoms with Crippen molar-refractivity contribution >= 4 is 5.91 Å². The molecule has 0 spiro atoms. The van der Waals surface area contributed by atoms with Crippen LogP contribution in [0.15, 0.2) is 34.6 Å². The SMILES string of the molecule is CC1=C2C[C@@]3(C)C(=C[C@@H](OC(C)C)[C@H](OCCC(C)C)[C@@H]3C)C=C2N(C)C1=O. The summed E-state index contributed by atoms with van der Waals surface area (Å²) in [4.78, 5) is 14.3. The zero-order valence-corrected chi connectivity index (χ0v) is 18.8. The molecule has 4 heteroatoms. The first-order valence-electron chi connectivity index (χ1n) is 10.8. The summed E-state index contributed by atoms with van der Waals surface area (Å²) >= 11 is 0. The monoisotopic (exact) mass is 387 g/mol. The molecular weight excluding hydrogens is 350 g/mol. The average molecular weight is 388 g/mol. The second kappa shape index (κ2) is 7.79. The number of hydrogen-bond donors (Lipinski definition) is 0. The lowest BCUT2D eigenvalue weighted by molar-refractivity contribution is -0.123. The van der Waals surface area contributed by atoms with Crippen LogP contribution >= 0.6 is 0 Å². The van der Waals surface area contributed by atoms with Crippen molar-refractivity contribution in [3.8, 4) is 0 Å². The van der Waals surface area contributed by atoms with Crippen LogP contribution in [-0.2, 0) is 14.3 Å². The van der Waals surface area contributed by atoms with Crippen LogP contribution in [0.2, 0.25) is 0 Å². The third kappa shape index (κ3) is 3.61. The van der Waals surface area contributed by atoms with E-state index < -0.39 is 0 Å². The minimum atomic E-state index is -0.0591. The van der Waals surface area contributed by atoms with Gasteiger partial charge in [-0.15, -0.1) is 0 Å². The second-order valence-corrected chi connectivity index (χ2v) is 9.67. The van der Waals surface area contributed by atoms with Crippen LogP contribution < -0.4 is 0 Å². The van der Waals surface area contributed by atoms with Crippen LogP contribution in [0.5, 0.6) is 0 Å². The van der Waals surface area contributed by atoms with Gasteiger partial charge in [-0.2, -0.15) is 0 Å². The van der Waals surface area contributed by atoms with E-state index in [0.717, 1.165) is 30.7 Å². The molecule has 28 heavy (non-hydrogen) atoms. The number of fused-ring (bicyclic) bond motifs is 2. The Morgan fingerprint density at radius 1 is 1.29 bits per heavy atom. The molecule has 4 atom stereocenters. The number of hydrogen-bond acceptors (Lipinski definition) is 3. The summed E-state index contributed by atoms with van der Waals surface area (Å²) < 4.78 is 12.7. The molecule has 0 saturated carbocycles. The third-order valence-electron chi connectivity index (χ3n) is 6.84. The van der Waals surface area contributed by atoms with Gasteiger partial charge >= 0.3 is 0 Å². The molecule has 0 radical (unpaired) electrons. The van der Waals surface area contributed by atoms with Crippen LogP contribution in [0, 0.1) is 17.3 Å². The van der Waals surface area contributed by atoms with Crippen molar-refractivity contribution < 1.29 is 14.3 Å². The van der Waals surface area contributed by atoms with Crippen LogP contribution in [0.3, 0.4) is 0 Å². The van der Waals surface area contributed by atoms with Gasteiger partial charge in [-0.3, -0.25) is 4.79 Å². The summed E-state index contributed by atoms with van der Waals surface area (Å²) in [7, 11) is 1.88. The first-order valence-corrected chi connectivity index (χ1v) is 10.8. The lowest BCUT2D eigenvalue weighted by Crippen LogP contribution is -2.49. The van der Waals surface area contributed by atoms with Gasteiger partial charge in [0, 0.05) is 30.3 Å². The topological polar surface area (TPSA) is 38.8 Å². The molecule has 3 rings (SSSR count). The molecule has 0 fully saturated rings. The van der Waals surface area contributed by atoms with E-state index in [1.54, 1.807) is 4.90 Å². The molecule has 156 valence electrons. The fourth-order valence-electron chi connectivity index (χ4n) is 4.76. The Morgan fingerprint density at radius 2 is 1.96 bits per heavy atom. The maximum absolute atomic E-state index is 12.5. The highest BCUT2D eigenvalue weighted by molar-refractivity contribution is 6.00. The number of rotatable bonds is 6. The number of nitrogens with zero attached hydrogens (tertiary/aromatic N) is 1. The van der Waals surface area contributed by atoms with Crippen molar-refractivity contribution in [2.24, 2.45) is 17.3 Å². The minimum Gasteiger partial charge on any atom is -0.375 e. The van der Waals surface area contributed by atoms with E-state index in [2.05, 4.69) is 53.7 Å². The summed E-state index contributed by atoms with van der Waals surface area (Å²) in [6.45, 7) is 15.9. The quantitative estimate of drug-likeness (QED) is 0.653. The van der Waals surface area contributed by atoms with Crippen LogP contribution in [0.4, 0.5) is 0 Å². The highest BCUT2D eigenvalue weighted by atomic mass is 16.5. The number of likely N-dealkylation sites (N-methyl/N-ethyl adjacent to an activating group) is 1. The maximum atomic E-state index is 12.5. The minimum absolute atomic E-state index is 0.0283. The zero-order valence-electron chi connectivity index (χ0n) is 18.8. The summed E-state index contributed by atoms with van der Waals surface area (Å²) in [5.74, 6) is 1.04. The van der Waals surface area contributed by atoms with E-state index >= 15 is 0 Å². The van der Waals surface area contributed by atoms with Crippen molar-refractivity contribution in [2.45, 2.75) is 79.6 Å². The van der Waals surface area contributed by atoms with Gasteiger partial charge in [-0.05, 0) is 68.7 Å². The first-order chi connectivity index (χ1) is 13.1. The van der Waals surface area contributed by atoms with Crippen molar-refractivity contribution in [2.75, 3.05) is 13.7 Å². The van der Waals surface area contributed by atoms with E-state index in [1.807, 2.05) is 14.0 Å². The van der Waals surface area contributed by atoms with Crippen LogP contribution in [-0.4, -0.2) is 42.8 Å². The van der Waals surface area contributed by atoms with E-state index in [-0.39, 0.29) is 29.6 Å². The molecule has 2 aliphatic carbocycles. The second-order valence-electron chi connectivity index (χ2n) is 9.67. The van der Waals surface area contributed by atoms with Crippen LogP contribution in [0.25, 0.3) is 0 Å². The highest BCUT2D eigenvalue weighted by Gasteiger charge is 2.50. The lowest BCUT2D eigenvalue weighted by Gasteiger charge is -2.49. The van der Waals surface area contributed by atoms with Crippen molar-refractivity contribution in [3.05, 3.63) is 34.6 Å². The molecule has 1 heterocycles. The summed E-state index contributed by atoms with van der Waals surface area (Å²) in [5.41, 5.74) is 4.37. The maximum Gasteiger partial charge on any atom is 0.254 e. The smallest absolute Gasteiger partial charge is 0.254 e. The molecule has 0 aromatic carbocycles. The van der Waals surface area contributed by atoms with E-state index in [9.17, 15) is 4.79 Å². The van der Waals surface area contributed by atoms with Crippen molar-refractivity contribution in [3.63, 3.8) is 0 Å². The number of carbonyl (C=O) groups excluding carboxylic acids is 1. The predicted molar refractivity (Wildman–Crippen MR) is 113 cm³/mol. The fraction of sp³-hybridized carbons (Fsp3) is 0.708. The van der Waals surface area contributed by atoms with E-state index in [1.165, 1.54) is 11.1 Å². The predicted octanol–water partition coefficient (Wildman–Crippen LogP) is 4.87. The van der Waals surface area contributed by atoms with Crippen LogP contribution in [0.1, 0.15) is 61.3 Å². The molecule has 0 bridgehead atoms. The zero-order chi connectivity index (χ0) is 20.8. The van der Waals surface area contributed by atoms with Gasteiger partial charge in [0.25, 0.3) is 5.91 Å². The molecule has 3 aliphatic rings. The lowest BCUT2D eigenvalue weighted by atomic mass is 9.59. The number of amides is 1. The first kappa shape index (κ1) is 21.3. The van der Waals surface area contributed by atoms with Gasteiger partial charge in [0.2, 0.25) is 0 Å². The Bertz CT molecular complexity index is 730. The van der Waals surface area contributed by atoms with Gasteiger partial charge in [0.1, 0.15) is 6.10 Å². The molecule has 0 N–H and O–H groups in total. The largest absolute Gasteiger partial charge is 0.375 e. The number of allylic oxidation sites excluding steroid dienone is 3. The Balaban J connectivity index is 1.98. The Morgan fingerprint density at radius 3 is 2.57 bits per heavy atom. The fourth-order valence-corrected chi connectivity index (χ4v) is 4.76. The van der Waals surface area contributed by atoms with E-state index in [4.69, 9.17) is 9.47 Å². The molecule has 4 nitrogen and oxygen atoms in total. The van der Waals surface area contributed by atoms with Gasteiger partial charge in [-0.25, -0.2) is 0 Å². The number of ether oxygens (including phenoxy) is 2. The molecule has 0 unspecified atom stereocenters. The molecule has 1 aliphatic heterocycles. The Kier molecular flexibility index (Phi) is 5.94. The Hall–Kier alpha value is -1.39. The van der Waals surface area contributed by atoms with Crippen molar-refractivity contribution in [1.82, 2.24) is 4.90 Å². The number of carbonyl (C=O) groups is 1. The van der Waals surface area contributed by atoms with Gasteiger partial charge in [0.15, 0.2) is 0 Å². The molecule has 1 amide bonds. The summed E-state index contributed by atoms with van der Waals surface area (Å²) in [6, 6.07) is 0. The van der Waals surface area contributed by atoms with Gasteiger partial charge < -0.3 is 14.4 Å². The summed E-state index contributed by atoms with van der Waals surface area (Å²) in [6.07, 6.45) is 6.52. The highest BCUT2D eigenvalue weighted by Crippen LogP contribution is 2.54. The Labute approximate surface area is 170 Å². The van der Waals surface area contributed by atoms with Crippen molar-refractivity contribution in [1.29, 1.82) is 0 Å². The molecule has 0 aromatic heterocycles. The molecule has 0 saturated heterocycles. The molecular formula is C24H37NO3. The standard InChI is InChI=1S/C24H37NO3/c1-14(2)9-10-27-22-17(6)24(7)13-19-16(5)23(26)25(8)20(19)11-18(24)12-21(22)28-15(3)4/h11-12,14-15,17,21-22H,9-10,13H2,1-8H3/t17-,21+,22+,24+/m0/s1. The normalized spacial score (nSPS) is 32.7. The van der Waals surface area contributed by atoms with Gasteiger partial charge in [-0.1, -0.05) is 27.7 Å². The van der Waals surface area contributed by atoms with E-state index in [0.29, 0.717) is 11.8 Å². The molecule has 0 aromatic rings.